The van der Waals surface area contributed by atoms with E-state index in [0.717, 1.165) is 11.8 Å². The topological polar surface area (TPSA) is 34.1 Å². The molecule has 0 rings (SSSR count). The van der Waals surface area contributed by atoms with Gasteiger partial charge in [0.15, 0.2) is 0 Å². The van der Waals surface area contributed by atoms with Crippen molar-refractivity contribution in [3.63, 3.8) is 0 Å². The smallest absolute Gasteiger partial charge is 0.213 e. The SMILES string of the molecule is CC(C)(C)[Si](C=O)C=O. The van der Waals surface area contributed by atoms with E-state index in [1.54, 1.807) is 0 Å². The minimum Gasteiger partial charge on any atom is -0.309 e. The number of carbonyl (C=O) groups is 2. The fraction of sp³-hybridized carbons (Fsp3) is 0.667. The third kappa shape index (κ3) is 2.55. The molecule has 0 fully saturated rings. The van der Waals surface area contributed by atoms with Crippen molar-refractivity contribution in [1.82, 2.24) is 0 Å². The van der Waals surface area contributed by atoms with Crippen molar-refractivity contribution in [2.24, 2.45) is 0 Å². The van der Waals surface area contributed by atoms with Crippen LogP contribution in [0.3, 0.4) is 0 Å². The van der Waals surface area contributed by atoms with Crippen LogP contribution in [-0.2, 0) is 9.59 Å². The van der Waals surface area contributed by atoms with E-state index < -0.39 is 8.80 Å². The van der Waals surface area contributed by atoms with E-state index in [1.165, 1.54) is 0 Å². The Morgan fingerprint density at radius 3 is 1.44 bits per heavy atom. The molecular weight excluding hydrogens is 132 g/mol. The lowest BCUT2D eigenvalue weighted by atomic mass is 10.2. The van der Waals surface area contributed by atoms with E-state index >= 15 is 0 Å². The Balaban J connectivity index is 4.11. The molecule has 2 nitrogen and oxygen atoms in total. The lowest BCUT2D eigenvalue weighted by molar-refractivity contribution is 0.559. The van der Waals surface area contributed by atoms with Gasteiger partial charge in [0.05, 0.1) is 0 Å². The number of rotatable bonds is 2. The molecule has 3 heteroatoms. The highest BCUT2D eigenvalue weighted by Crippen LogP contribution is 2.23. The molecule has 0 unspecified atom stereocenters. The summed E-state index contributed by atoms with van der Waals surface area (Å²) in [5, 5.41) is -0.117. The van der Waals surface area contributed by atoms with Crippen molar-refractivity contribution < 1.29 is 9.59 Å². The summed E-state index contributed by atoms with van der Waals surface area (Å²) in [6, 6.07) is 0. The van der Waals surface area contributed by atoms with Gasteiger partial charge in [0.2, 0.25) is 8.80 Å². The van der Waals surface area contributed by atoms with Gasteiger partial charge < -0.3 is 9.59 Å². The lowest BCUT2D eigenvalue weighted by Crippen LogP contribution is -2.29. The molecule has 51 valence electrons. The molecule has 0 saturated heterocycles. The highest BCUT2D eigenvalue weighted by Gasteiger charge is 2.26. The average molecular weight is 143 g/mol. The Labute approximate surface area is 56.9 Å². The van der Waals surface area contributed by atoms with E-state index in [1.807, 2.05) is 20.8 Å². The van der Waals surface area contributed by atoms with Crippen LogP contribution in [0.2, 0.25) is 5.04 Å². The van der Waals surface area contributed by atoms with Crippen molar-refractivity contribution in [2.75, 3.05) is 0 Å². The van der Waals surface area contributed by atoms with Crippen LogP contribution in [0, 0.1) is 0 Å². The zero-order valence-corrected chi connectivity index (χ0v) is 6.97. The Morgan fingerprint density at radius 1 is 1.11 bits per heavy atom. The van der Waals surface area contributed by atoms with Crippen molar-refractivity contribution in [3.05, 3.63) is 0 Å². The van der Waals surface area contributed by atoms with Gasteiger partial charge in [-0.2, -0.15) is 0 Å². The van der Waals surface area contributed by atoms with Crippen molar-refractivity contribution in [3.8, 4) is 0 Å². The maximum absolute atomic E-state index is 10.2. The summed E-state index contributed by atoms with van der Waals surface area (Å²) < 4.78 is 0. The molecule has 1 radical (unpaired) electrons. The normalized spacial score (nSPS) is 11.6. The fourth-order valence-corrected chi connectivity index (χ4v) is 1.14. The van der Waals surface area contributed by atoms with E-state index in [-0.39, 0.29) is 5.04 Å². The number of carbonyl (C=O) groups excluding carboxylic acids is 2. The first-order valence-corrected chi connectivity index (χ1v) is 4.45. The van der Waals surface area contributed by atoms with Gasteiger partial charge in [-0.25, -0.2) is 0 Å². The summed E-state index contributed by atoms with van der Waals surface area (Å²) in [4.78, 5) is 20.4. The summed E-state index contributed by atoms with van der Waals surface area (Å²) in [6.07, 6.45) is 0. The van der Waals surface area contributed by atoms with E-state index in [9.17, 15) is 9.59 Å². The largest absolute Gasteiger partial charge is 0.309 e. The minimum atomic E-state index is -1.40. The summed E-state index contributed by atoms with van der Waals surface area (Å²) in [7, 11) is -1.40. The number of hydrogen-bond donors (Lipinski definition) is 0. The van der Waals surface area contributed by atoms with Crippen LogP contribution in [0.1, 0.15) is 20.8 Å². The van der Waals surface area contributed by atoms with Crippen LogP contribution < -0.4 is 0 Å². The Hall–Kier alpha value is -0.443. The van der Waals surface area contributed by atoms with Crippen LogP contribution in [0.15, 0.2) is 0 Å². The maximum atomic E-state index is 10.2. The van der Waals surface area contributed by atoms with Crippen molar-refractivity contribution in [2.45, 2.75) is 25.8 Å². The molecule has 0 aromatic heterocycles. The Morgan fingerprint density at radius 2 is 1.44 bits per heavy atom. The molecular formula is C6H11O2Si. The predicted octanol–water partition coefficient (Wildman–Crippen LogP) is 0.825. The molecule has 0 aliphatic carbocycles. The monoisotopic (exact) mass is 143 g/mol. The second kappa shape index (κ2) is 2.92. The molecule has 0 amide bonds. The minimum absolute atomic E-state index is 0.117. The van der Waals surface area contributed by atoms with Crippen molar-refractivity contribution in [1.29, 1.82) is 0 Å². The zero-order chi connectivity index (χ0) is 7.49. The molecule has 0 heterocycles. The molecule has 0 saturated carbocycles. The third-order valence-electron chi connectivity index (χ3n) is 1.12. The molecule has 0 aliphatic rings. The molecule has 0 spiro atoms. The highest BCUT2D eigenvalue weighted by molar-refractivity contribution is 7.05. The molecule has 0 aromatic carbocycles. The van der Waals surface area contributed by atoms with Crippen LogP contribution in [-0.4, -0.2) is 20.6 Å². The highest BCUT2D eigenvalue weighted by atomic mass is 28.3. The molecule has 9 heavy (non-hydrogen) atoms. The maximum Gasteiger partial charge on any atom is 0.213 e. The standard InChI is InChI=1S/C6H11O2Si/c1-6(2,3)9(4-7)5-8/h4-5H,1-3H3. The van der Waals surface area contributed by atoms with Crippen LogP contribution in [0.25, 0.3) is 0 Å². The molecule has 0 atom stereocenters. The molecule has 0 N–H and O–H groups in total. The zero-order valence-electron chi connectivity index (χ0n) is 5.97. The second-order valence-electron chi connectivity index (χ2n) is 2.94. The molecule has 0 aliphatic heterocycles. The quantitative estimate of drug-likeness (QED) is 0.424. The Bertz CT molecular complexity index is 107. The van der Waals surface area contributed by atoms with Gasteiger partial charge in [-0.1, -0.05) is 20.8 Å². The molecule has 0 aromatic rings. The summed E-state index contributed by atoms with van der Waals surface area (Å²) in [6.45, 7) is 5.72. The predicted molar refractivity (Wildman–Crippen MR) is 39.0 cm³/mol. The first-order valence-electron chi connectivity index (χ1n) is 2.80. The fourth-order valence-electron chi connectivity index (χ4n) is 0.381. The van der Waals surface area contributed by atoms with Gasteiger partial charge in [-0.05, 0) is 5.04 Å². The Kier molecular flexibility index (Phi) is 2.77. The molecule has 0 bridgehead atoms. The van der Waals surface area contributed by atoms with Gasteiger partial charge in [0.1, 0.15) is 11.8 Å². The lowest BCUT2D eigenvalue weighted by Gasteiger charge is -2.17. The second-order valence-corrected chi connectivity index (χ2v) is 5.82. The average Bonchev–Trinajstić information content (AvgIpc) is 1.65. The van der Waals surface area contributed by atoms with Gasteiger partial charge in [0.25, 0.3) is 0 Å². The summed E-state index contributed by atoms with van der Waals surface area (Å²) in [5.74, 6) is 1.58. The van der Waals surface area contributed by atoms with Gasteiger partial charge >= 0.3 is 0 Å². The van der Waals surface area contributed by atoms with E-state index in [0.29, 0.717) is 0 Å². The third-order valence-corrected chi connectivity index (χ3v) is 3.36. The van der Waals surface area contributed by atoms with E-state index in [2.05, 4.69) is 0 Å². The van der Waals surface area contributed by atoms with Gasteiger partial charge in [-0.3, -0.25) is 0 Å². The first kappa shape index (κ1) is 8.56. The van der Waals surface area contributed by atoms with Crippen LogP contribution >= 0.6 is 0 Å². The van der Waals surface area contributed by atoms with Crippen LogP contribution in [0.4, 0.5) is 0 Å². The first-order chi connectivity index (χ1) is 4.02. The van der Waals surface area contributed by atoms with E-state index in [4.69, 9.17) is 0 Å². The van der Waals surface area contributed by atoms with Gasteiger partial charge in [0, 0.05) is 0 Å². The number of hydrogen-bond acceptors (Lipinski definition) is 2. The van der Waals surface area contributed by atoms with Crippen LogP contribution in [0.5, 0.6) is 0 Å². The van der Waals surface area contributed by atoms with Crippen molar-refractivity contribution >= 4 is 20.6 Å². The van der Waals surface area contributed by atoms with Gasteiger partial charge in [-0.15, -0.1) is 0 Å². The summed E-state index contributed by atoms with van der Waals surface area (Å²) in [5.41, 5.74) is 0. The summed E-state index contributed by atoms with van der Waals surface area (Å²) >= 11 is 0.